The lowest BCUT2D eigenvalue weighted by Crippen LogP contribution is -2.66. The van der Waals surface area contributed by atoms with Gasteiger partial charge in [0, 0.05) is 6.42 Å². The molecular formula is C67H115NO18. The highest BCUT2D eigenvalue weighted by Gasteiger charge is 2.53. The highest BCUT2D eigenvalue weighted by Crippen LogP contribution is 2.33. The molecule has 19 nitrogen and oxygen atoms in total. The average Bonchev–Trinajstić information content (AvgIpc) is 2.26. The Hall–Kier alpha value is -3.03. The van der Waals surface area contributed by atoms with E-state index in [1.54, 1.807) is 6.08 Å². The smallest absolute Gasteiger partial charge is 0.220 e. The molecular weight excluding hydrogens is 1110 g/mol. The Bertz CT molecular complexity index is 1890. The number of amides is 1. The van der Waals surface area contributed by atoms with Crippen LogP contribution in [0.2, 0.25) is 0 Å². The number of nitrogens with one attached hydrogen (secondary N) is 1. The molecule has 0 spiro atoms. The molecule has 0 bridgehead atoms. The van der Waals surface area contributed by atoms with Crippen LogP contribution in [0.25, 0.3) is 0 Å². The minimum Gasteiger partial charge on any atom is -0.394 e. The van der Waals surface area contributed by atoms with Crippen LogP contribution in [0.5, 0.6) is 0 Å². The molecule has 3 rings (SSSR count). The number of ether oxygens (including phenoxy) is 6. The van der Waals surface area contributed by atoms with Gasteiger partial charge in [0.1, 0.15) is 73.2 Å². The van der Waals surface area contributed by atoms with Gasteiger partial charge in [0.2, 0.25) is 5.91 Å². The summed E-state index contributed by atoms with van der Waals surface area (Å²) in [6, 6.07) is -1.04. The first-order chi connectivity index (χ1) is 41.8. The zero-order chi connectivity index (χ0) is 62.6. The third-order valence-electron chi connectivity index (χ3n) is 15.9. The van der Waals surface area contributed by atoms with Gasteiger partial charge in [-0.3, -0.25) is 4.79 Å². The zero-order valence-corrected chi connectivity index (χ0v) is 52.0. The molecule has 0 aromatic rings. The van der Waals surface area contributed by atoms with Gasteiger partial charge in [-0.1, -0.05) is 208 Å². The first-order valence-corrected chi connectivity index (χ1v) is 32.8. The SMILES string of the molecule is CC/C=C\C/C=C\C/C=C\C/C=C\CCC(=O)NC(COC1OC(CO)C(OC2OC(CO)C(OC3OC(CO)C(O)C(O)C3O)C(O)C2O)C(O)C1O)C(O)/C=C/CC/C=C/CC/C=C/CCCCCCCCCCCCCCCCCCCC. The first kappa shape index (κ1) is 77.2. The number of unbranched alkanes of at least 4 members (excludes halogenated alkanes) is 20. The molecule has 3 saturated heterocycles. The lowest BCUT2D eigenvalue weighted by molar-refractivity contribution is -0.379. The van der Waals surface area contributed by atoms with Gasteiger partial charge in [0.25, 0.3) is 0 Å². The predicted octanol–water partition coefficient (Wildman–Crippen LogP) is 7.54. The van der Waals surface area contributed by atoms with E-state index in [0.717, 1.165) is 44.9 Å². The largest absolute Gasteiger partial charge is 0.394 e. The first-order valence-electron chi connectivity index (χ1n) is 32.8. The second-order valence-corrected chi connectivity index (χ2v) is 23.2. The van der Waals surface area contributed by atoms with Gasteiger partial charge in [0.05, 0.1) is 38.6 Å². The molecule has 0 aliphatic carbocycles. The average molecular weight is 1220 g/mol. The minimum atomic E-state index is -1.99. The van der Waals surface area contributed by atoms with E-state index in [4.69, 9.17) is 28.4 Å². The number of aliphatic hydroxyl groups excluding tert-OH is 11. The summed E-state index contributed by atoms with van der Waals surface area (Å²) < 4.78 is 34.2. The quantitative estimate of drug-likeness (QED) is 0.0207. The highest BCUT2D eigenvalue weighted by atomic mass is 16.8. The molecule has 0 aromatic carbocycles. The van der Waals surface area contributed by atoms with Crippen molar-refractivity contribution in [1.82, 2.24) is 5.32 Å². The summed E-state index contributed by atoms with van der Waals surface area (Å²) in [7, 11) is 0. The molecule has 86 heavy (non-hydrogen) atoms. The monoisotopic (exact) mass is 1220 g/mol. The van der Waals surface area contributed by atoms with Gasteiger partial charge in [0.15, 0.2) is 18.9 Å². The Morgan fingerprint density at radius 1 is 0.430 bits per heavy atom. The number of carbonyl (C=O) groups excluding carboxylic acids is 1. The van der Waals surface area contributed by atoms with Crippen LogP contribution in [-0.4, -0.2) is 193 Å². The van der Waals surface area contributed by atoms with Crippen molar-refractivity contribution in [2.75, 3.05) is 26.4 Å². The maximum absolute atomic E-state index is 13.3. The topological polar surface area (TPSA) is 307 Å². The molecule has 3 fully saturated rings. The summed E-state index contributed by atoms with van der Waals surface area (Å²) in [6.07, 6.45) is 34.7. The summed E-state index contributed by atoms with van der Waals surface area (Å²) in [5.74, 6) is -0.372. The summed E-state index contributed by atoms with van der Waals surface area (Å²) >= 11 is 0. The maximum Gasteiger partial charge on any atom is 0.220 e. The molecule has 496 valence electrons. The highest BCUT2D eigenvalue weighted by molar-refractivity contribution is 5.76. The fraction of sp³-hybridized carbons (Fsp3) is 0.776. The Morgan fingerprint density at radius 2 is 0.814 bits per heavy atom. The Kier molecular flexibility index (Phi) is 43.8. The number of aliphatic hydroxyl groups is 11. The van der Waals surface area contributed by atoms with Crippen molar-refractivity contribution in [3.05, 3.63) is 85.1 Å². The van der Waals surface area contributed by atoms with Crippen LogP contribution in [0.1, 0.15) is 200 Å². The second-order valence-electron chi connectivity index (χ2n) is 23.2. The van der Waals surface area contributed by atoms with E-state index in [9.17, 15) is 61.0 Å². The molecule has 0 aromatic heterocycles. The summed E-state index contributed by atoms with van der Waals surface area (Å²) in [5.41, 5.74) is 0. The molecule has 0 saturated carbocycles. The van der Waals surface area contributed by atoms with E-state index in [-0.39, 0.29) is 12.3 Å². The number of carbonyl (C=O) groups is 1. The van der Waals surface area contributed by atoms with Crippen molar-refractivity contribution in [2.24, 2.45) is 0 Å². The Morgan fingerprint density at radius 3 is 1.29 bits per heavy atom. The fourth-order valence-electron chi connectivity index (χ4n) is 10.6. The van der Waals surface area contributed by atoms with E-state index < -0.39 is 131 Å². The number of allylic oxidation sites excluding steroid dienone is 13. The molecule has 3 aliphatic rings. The van der Waals surface area contributed by atoms with Gasteiger partial charge in [-0.2, -0.15) is 0 Å². The van der Waals surface area contributed by atoms with Crippen molar-refractivity contribution in [3.63, 3.8) is 0 Å². The molecule has 3 heterocycles. The lowest BCUT2D eigenvalue weighted by atomic mass is 9.96. The van der Waals surface area contributed by atoms with Crippen LogP contribution in [0.15, 0.2) is 85.1 Å². The molecule has 17 unspecified atom stereocenters. The molecule has 1 amide bonds. The standard InChI is InChI=1S/C67H115NO18/c1-3-5-7-9-11-13-15-17-18-19-20-21-22-23-24-25-26-27-28-29-30-31-33-34-36-38-40-42-44-51(72)50(68-55(73)45-43-41-39-37-35-32-16-14-12-10-8-6-4-2)49-81-65-61(79)58(76)63(53(47-70)83-65)86-67-62(80)59(77)64(54(48-71)84-67)85-66-60(78)57(75)56(74)52(46-69)82-66/h6,8,12,14,29-30,32,34-36,39,41-42,44,50-54,56-67,69-72,74-80H,3-5,7,9-11,13,15-28,31,33,37-38,40,43,45-49H2,1-2H3,(H,68,73)/b8-6-,14-12-,30-29+,35-32-,36-34+,41-39-,44-42+. The number of rotatable bonds is 48. The van der Waals surface area contributed by atoms with Gasteiger partial charge in [-0.25, -0.2) is 0 Å². The zero-order valence-electron chi connectivity index (χ0n) is 52.0. The lowest BCUT2D eigenvalue weighted by Gasteiger charge is -2.48. The van der Waals surface area contributed by atoms with Gasteiger partial charge in [-0.15, -0.1) is 0 Å². The second kappa shape index (κ2) is 48.8. The van der Waals surface area contributed by atoms with E-state index in [1.807, 2.05) is 18.2 Å². The summed E-state index contributed by atoms with van der Waals surface area (Å²) in [4.78, 5) is 13.3. The van der Waals surface area contributed by atoms with E-state index in [1.165, 1.54) is 116 Å². The van der Waals surface area contributed by atoms with E-state index in [0.29, 0.717) is 19.3 Å². The van der Waals surface area contributed by atoms with Gasteiger partial charge in [-0.05, 0) is 70.6 Å². The van der Waals surface area contributed by atoms with Crippen molar-refractivity contribution in [3.8, 4) is 0 Å². The molecule has 3 aliphatic heterocycles. The fourth-order valence-corrected chi connectivity index (χ4v) is 10.6. The third kappa shape index (κ3) is 31.1. The molecule has 19 heteroatoms. The van der Waals surface area contributed by atoms with E-state index in [2.05, 4.69) is 79.9 Å². The van der Waals surface area contributed by atoms with E-state index >= 15 is 0 Å². The van der Waals surface area contributed by atoms with Crippen LogP contribution >= 0.6 is 0 Å². The number of hydrogen-bond acceptors (Lipinski definition) is 18. The Balaban J connectivity index is 1.46. The van der Waals surface area contributed by atoms with Crippen LogP contribution < -0.4 is 5.32 Å². The van der Waals surface area contributed by atoms with Crippen LogP contribution in [0, 0.1) is 0 Å². The third-order valence-corrected chi connectivity index (χ3v) is 15.9. The van der Waals surface area contributed by atoms with Gasteiger partial charge >= 0.3 is 0 Å². The van der Waals surface area contributed by atoms with Crippen molar-refractivity contribution in [1.29, 1.82) is 0 Å². The van der Waals surface area contributed by atoms with Crippen molar-refractivity contribution < 1.29 is 89.4 Å². The molecule has 0 radical (unpaired) electrons. The predicted molar refractivity (Wildman–Crippen MR) is 332 cm³/mol. The Labute approximate surface area is 514 Å². The van der Waals surface area contributed by atoms with Crippen molar-refractivity contribution >= 4 is 5.91 Å². The molecule has 12 N–H and O–H groups in total. The minimum absolute atomic E-state index is 0.106. The van der Waals surface area contributed by atoms with Crippen molar-refractivity contribution in [2.45, 2.75) is 304 Å². The normalized spacial score (nSPS) is 29.3. The van der Waals surface area contributed by atoms with Crippen LogP contribution in [0.3, 0.4) is 0 Å². The van der Waals surface area contributed by atoms with Crippen LogP contribution in [0.4, 0.5) is 0 Å². The van der Waals surface area contributed by atoms with Gasteiger partial charge < -0.3 is 89.9 Å². The maximum atomic E-state index is 13.3. The molecule has 17 atom stereocenters. The summed E-state index contributed by atoms with van der Waals surface area (Å²) in [6.45, 7) is 1.52. The summed E-state index contributed by atoms with van der Waals surface area (Å²) in [5, 5.41) is 120. The van der Waals surface area contributed by atoms with Crippen LogP contribution in [-0.2, 0) is 33.2 Å². The number of hydrogen-bond donors (Lipinski definition) is 12.